The van der Waals surface area contributed by atoms with E-state index in [1.54, 1.807) is 32.4 Å². The van der Waals surface area contributed by atoms with Gasteiger partial charge in [-0.2, -0.15) is 5.10 Å². The molecule has 0 aliphatic rings. The van der Waals surface area contributed by atoms with Crippen molar-refractivity contribution in [2.75, 3.05) is 20.0 Å². The van der Waals surface area contributed by atoms with Crippen molar-refractivity contribution in [1.82, 2.24) is 20.2 Å². The molecule has 2 aromatic carbocycles. The van der Waals surface area contributed by atoms with Crippen LogP contribution in [0.4, 0.5) is 0 Å². The summed E-state index contributed by atoms with van der Waals surface area (Å²) >= 11 is 13.2. The number of ether oxygens (including phenoxy) is 2. The Kier molecular flexibility index (Phi) is 8.38. The highest BCUT2D eigenvalue weighted by atomic mass is 35.5. The molecule has 3 aromatic rings. The number of carbonyl (C=O) groups is 1. The van der Waals surface area contributed by atoms with E-state index in [0.717, 1.165) is 5.56 Å². The van der Waals surface area contributed by atoms with Crippen molar-refractivity contribution in [1.29, 1.82) is 0 Å². The third-order valence-corrected chi connectivity index (χ3v) is 5.89. The SMILES string of the molecule is CCn1c(SCC(=O)N/N=C/c2ccc(Cl)cc2Cl)nnc1-c1ccc(OC)c(OC)c1. The molecule has 1 amide bonds. The maximum absolute atomic E-state index is 12.2. The van der Waals surface area contributed by atoms with Gasteiger partial charge in [-0.1, -0.05) is 41.0 Å². The number of rotatable bonds is 9. The predicted molar refractivity (Wildman–Crippen MR) is 127 cm³/mol. The van der Waals surface area contributed by atoms with Crippen LogP contribution >= 0.6 is 35.0 Å². The second kappa shape index (κ2) is 11.2. The number of nitrogens with zero attached hydrogens (tertiary/aromatic N) is 4. The van der Waals surface area contributed by atoms with Crippen LogP contribution in [0.1, 0.15) is 12.5 Å². The Balaban J connectivity index is 1.65. The van der Waals surface area contributed by atoms with Crippen molar-refractivity contribution in [3.63, 3.8) is 0 Å². The molecule has 11 heteroatoms. The zero-order valence-corrected chi connectivity index (χ0v) is 20.0. The lowest BCUT2D eigenvalue weighted by Gasteiger charge is -2.10. The van der Waals surface area contributed by atoms with E-state index in [1.165, 1.54) is 18.0 Å². The molecule has 32 heavy (non-hydrogen) atoms. The van der Waals surface area contributed by atoms with Gasteiger partial charge in [0.1, 0.15) is 0 Å². The van der Waals surface area contributed by atoms with Crippen molar-refractivity contribution in [3.05, 3.63) is 52.0 Å². The van der Waals surface area contributed by atoms with Gasteiger partial charge in [-0.3, -0.25) is 4.79 Å². The fraction of sp³-hybridized carbons (Fsp3) is 0.238. The minimum atomic E-state index is -0.283. The summed E-state index contributed by atoms with van der Waals surface area (Å²) in [5.41, 5.74) is 3.96. The summed E-state index contributed by atoms with van der Waals surface area (Å²) in [6.07, 6.45) is 1.46. The Morgan fingerprint density at radius 2 is 1.94 bits per heavy atom. The Morgan fingerprint density at radius 3 is 2.62 bits per heavy atom. The number of halogens is 2. The molecule has 0 aliphatic heterocycles. The van der Waals surface area contributed by atoms with Crippen LogP contribution < -0.4 is 14.9 Å². The van der Waals surface area contributed by atoms with Gasteiger partial charge in [0.2, 0.25) is 0 Å². The number of hydrazone groups is 1. The summed E-state index contributed by atoms with van der Waals surface area (Å²) in [5.74, 6) is 1.74. The number of thioether (sulfide) groups is 1. The van der Waals surface area contributed by atoms with Crippen molar-refractivity contribution in [2.45, 2.75) is 18.6 Å². The quantitative estimate of drug-likeness (QED) is 0.267. The normalized spacial score (nSPS) is 11.0. The predicted octanol–water partition coefficient (Wildman–Crippen LogP) is 4.53. The number of hydrogen-bond acceptors (Lipinski definition) is 7. The summed E-state index contributed by atoms with van der Waals surface area (Å²) in [6, 6.07) is 10.6. The van der Waals surface area contributed by atoms with E-state index in [2.05, 4.69) is 20.7 Å². The van der Waals surface area contributed by atoms with Gasteiger partial charge in [0.05, 0.1) is 31.2 Å². The molecular formula is C21H21Cl2N5O3S. The van der Waals surface area contributed by atoms with Crippen LogP contribution in [-0.4, -0.2) is 46.9 Å². The van der Waals surface area contributed by atoms with E-state index in [4.69, 9.17) is 32.7 Å². The van der Waals surface area contributed by atoms with Crippen LogP contribution in [0.3, 0.4) is 0 Å². The Labute approximate surface area is 199 Å². The van der Waals surface area contributed by atoms with E-state index < -0.39 is 0 Å². The van der Waals surface area contributed by atoms with Crippen LogP contribution in [0.15, 0.2) is 46.7 Å². The highest BCUT2D eigenvalue weighted by Gasteiger charge is 2.16. The molecule has 0 bridgehead atoms. The second-order valence-corrected chi connectivity index (χ2v) is 8.15. The van der Waals surface area contributed by atoms with Gasteiger partial charge in [0.25, 0.3) is 5.91 Å². The first kappa shape index (κ1) is 23.9. The van der Waals surface area contributed by atoms with E-state index in [0.29, 0.717) is 44.6 Å². The Hall–Kier alpha value is -2.75. The van der Waals surface area contributed by atoms with Crippen LogP contribution in [0, 0.1) is 0 Å². The topological polar surface area (TPSA) is 90.6 Å². The minimum absolute atomic E-state index is 0.121. The molecule has 1 N–H and O–H groups in total. The van der Waals surface area contributed by atoms with Gasteiger partial charge >= 0.3 is 0 Å². The summed E-state index contributed by atoms with van der Waals surface area (Å²) < 4.78 is 12.6. The lowest BCUT2D eigenvalue weighted by Crippen LogP contribution is -2.20. The Bertz CT molecular complexity index is 1140. The van der Waals surface area contributed by atoms with Crippen molar-refractivity contribution >= 4 is 47.1 Å². The van der Waals surface area contributed by atoms with E-state index in [-0.39, 0.29) is 11.7 Å². The van der Waals surface area contributed by atoms with Gasteiger partial charge in [0, 0.05) is 22.7 Å². The van der Waals surface area contributed by atoms with Gasteiger partial charge in [0.15, 0.2) is 22.5 Å². The molecule has 168 valence electrons. The molecule has 0 saturated carbocycles. The van der Waals surface area contributed by atoms with Gasteiger partial charge in [-0.15, -0.1) is 10.2 Å². The molecule has 0 spiro atoms. The molecule has 0 fully saturated rings. The van der Waals surface area contributed by atoms with Gasteiger partial charge in [-0.05, 0) is 37.3 Å². The molecule has 0 atom stereocenters. The Morgan fingerprint density at radius 1 is 1.16 bits per heavy atom. The largest absolute Gasteiger partial charge is 0.493 e. The highest BCUT2D eigenvalue weighted by molar-refractivity contribution is 7.99. The number of aromatic nitrogens is 3. The maximum atomic E-state index is 12.2. The fourth-order valence-electron chi connectivity index (χ4n) is 2.81. The zero-order valence-electron chi connectivity index (χ0n) is 17.6. The van der Waals surface area contributed by atoms with Crippen molar-refractivity contribution in [2.24, 2.45) is 5.10 Å². The smallest absolute Gasteiger partial charge is 0.250 e. The number of amides is 1. The minimum Gasteiger partial charge on any atom is -0.493 e. The first-order valence-electron chi connectivity index (χ1n) is 9.52. The number of hydrogen-bond donors (Lipinski definition) is 1. The monoisotopic (exact) mass is 493 g/mol. The number of carbonyl (C=O) groups excluding carboxylic acids is 1. The zero-order chi connectivity index (χ0) is 23.1. The second-order valence-electron chi connectivity index (χ2n) is 6.37. The standard InChI is InChI=1S/C21H21Cl2N5O3S/c1-4-28-20(13-6-8-17(30-2)18(9-13)31-3)26-27-21(28)32-12-19(29)25-24-11-14-5-7-15(22)10-16(14)23/h5-11H,4,12H2,1-3H3,(H,25,29)/b24-11+. The first-order valence-corrected chi connectivity index (χ1v) is 11.3. The number of benzene rings is 2. The highest BCUT2D eigenvalue weighted by Crippen LogP contribution is 2.32. The summed E-state index contributed by atoms with van der Waals surface area (Å²) in [5, 5.41) is 14.1. The van der Waals surface area contributed by atoms with Gasteiger partial charge < -0.3 is 14.0 Å². The third kappa shape index (κ3) is 5.73. The molecule has 0 radical (unpaired) electrons. The fourth-order valence-corrected chi connectivity index (χ4v) is 4.06. The molecule has 0 saturated heterocycles. The summed E-state index contributed by atoms with van der Waals surface area (Å²) in [4.78, 5) is 12.2. The lowest BCUT2D eigenvalue weighted by molar-refractivity contribution is -0.118. The van der Waals surface area contributed by atoms with Crippen molar-refractivity contribution < 1.29 is 14.3 Å². The molecular weight excluding hydrogens is 473 g/mol. The molecule has 0 unspecified atom stereocenters. The molecule has 3 rings (SSSR count). The molecule has 8 nitrogen and oxygen atoms in total. The van der Waals surface area contributed by atoms with Crippen molar-refractivity contribution in [3.8, 4) is 22.9 Å². The van der Waals surface area contributed by atoms with Gasteiger partial charge in [-0.25, -0.2) is 5.43 Å². The summed E-state index contributed by atoms with van der Waals surface area (Å²) in [6.45, 7) is 2.62. The maximum Gasteiger partial charge on any atom is 0.250 e. The average molecular weight is 494 g/mol. The van der Waals surface area contributed by atoms with Crippen LogP contribution in [0.25, 0.3) is 11.4 Å². The van der Waals surface area contributed by atoms with Crippen LogP contribution in [-0.2, 0) is 11.3 Å². The first-order chi connectivity index (χ1) is 15.5. The van der Waals surface area contributed by atoms with E-state index >= 15 is 0 Å². The molecule has 1 heterocycles. The average Bonchev–Trinajstić information content (AvgIpc) is 3.21. The third-order valence-electron chi connectivity index (χ3n) is 4.36. The molecule has 0 aliphatic carbocycles. The summed E-state index contributed by atoms with van der Waals surface area (Å²) in [7, 11) is 3.16. The van der Waals surface area contributed by atoms with E-state index in [9.17, 15) is 4.79 Å². The number of nitrogens with one attached hydrogen (secondary N) is 1. The number of methoxy groups -OCH3 is 2. The van der Waals surface area contributed by atoms with Crippen LogP contribution in [0.5, 0.6) is 11.5 Å². The lowest BCUT2D eigenvalue weighted by atomic mass is 10.2. The van der Waals surface area contributed by atoms with E-state index in [1.807, 2.05) is 29.7 Å². The van der Waals surface area contributed by atoms with Crippen LogP contribution in [0.2, 0.25) is 10.0 Å². The molecule has 1 aromatic heterocycles.